The molecular formula is C7H7F7O. The molecule has 1 nitrogen and oxygen atoms in total. The summed E-state index contributed by atoms with van der Waals surface area (Å²) < 4.78 is 86.6. The summed E-state index contributed by atoms with van der Waals surface area (Å²) in [7, 11) is 0. The minimum atomic E-state index is -6.37. The normalized spacial score (nSPS) is 14.1. The van der Waals surface area contributed by atoms with Crippen molar-refractivity contribution >= 4 is 0 Å². The lowest BCUT2D eigenvalue weighted by molar-refractivity contribution is -0.422. The summed E-state index contributed by atoms with van der Waals surface area (Å²) in [6.07, 6.45) is -12.0. The molecule has 0 aliphatic carbocycles. The summed E-state index contributed by atoms with van der Waals surface area (Å²) >= 11 is 0. The highest BCUT2D eigenvalue weighted by Gasteiger charge is 2.74. The van der Waals surface area contributed by atoms with Gasteiger partial charge in [0.15, 0.2) is 0 Å². The SMILES string of the molecule is C=C(C)COC(F)(F)C(F)(F)C(F)(F)F. The van der Waals surface area contributed by atoms with E-state index in [9.17, 15) is 30.7 Å². The molecule has 0 aliphatic rings. The van der Waals surface area contributed by atoms with Crippen molar-refractivity contribution in [1.29, 1.82) is 0 Å². The third-order valence-corrected chi connectivity index (χ3v) is 1.22. The number of hydrogen-bond acceptors (Lipinski definition) is 1. The smallest absolute Gasteiger partial charge is 0.311 e. The molecule has 0 aromatic heterocycles. The molecule has 0 atom stereocenters. The fourth-order valence-electron chi connectivity index (χ4n) is 0.469. The van der Waals surface area contributed by atoms with Gasteiger partial charge in [-0.15, -0.1) is 0 Å². The number of ether oxygens (including phenoxy) is 1. The van der Waals surface area contributed by atoms with Crippen molar-refractivity contribution in [3.8, 4) is 0 Å². The standard InChI is InChI=1S/C7H7F7O/c1-4(2)3-15-7(13,14)5(8,9)6(10,11)12/h1,3H2,2H3. The molecule has 0 rings (SSSR count). The molecule has 0 fully saturated rings. The largest absolute Gasteiger partial charge is 0.462 e. The van der Waals surface area contributed by atoms with E-state index >= 15 is 0 Å². The molecule has 0 aliphatic heterocycles. The predicted octanol–water partition coefficient (Wildman–Crippen LogP) is 3.37. The number of hydrogen-bond donors (Lipinski definition) is 0. The van der Waals surface area contributed by atoms with Gasteiger partial charge in [0, 0.05) is 0 Å². The van der Waals surface area contributed by atoms with E-state index in [2.05, 4.69) is 11.3 Å². The van der Waals surface area contributed by atoms with Crippen LogP contribution in [0.25, 0.3) is 0 Å². The summed E-state index contributed by atoms with van der Waals surface area (Å²) in [6.45, 7) is 3.07. The first-order valence-corrected chi connectivity index (χ1v) is 3.52. The van der Waals surface area contributed by atoms with Crippen LogP contribution in [-0.4, -0.2) is 24.8 Å². The van der Waals surface area contributed by atoms with E-state index in [0.29, 0.717) is 0 Å². The molecule has 0 aromatic carbocycles. The second kappa shape index (κ2) is 3.99. The first kappa shape index (κ1) is 14.2. The van der Waals surface area contributed by atoms with Crippen molar-refractivity contribution in [2.75, 3.05) is 6.61 Å². The highest BCUT2D eigenvalue weighted by atomic mass is 19.4. The highest BCUT2D eigenvalue weighted by molar-refractivity contribution is 4.91. The highest BCUT2D eigenvalue weighted by Crippen LogP contribution is 2.46. The summed E-state index contributed by atoms with van der Waals surface area (Å²) in [5, 5.41) is 0. The lowest BCUT2D eigenvalue weighted by Gasteiger charge is -2.27. The Morgan fingerprint density at radius 2 is 1.47 bits per heavy atom. The molecule has 0 saturated heterocycles. The van der Waals surface area contributed by atoms with Crippen LogP contribution < -0.4 is 0 Å². The van der Waals surface area contributed by atoms with Crippen molar-refractivity contribution < 1.29 is 35.5 Å². The van der Waals surface area contributed by atoms with Gasteiger partial charge in [0.25, 0.3) is 0 Å². The van der Waals surface area contributed by atoms with Gasteiger partial charge in [0.1, 0.15) is 0 Å². The summed E-state index contributed by atoms with van der Waals surface area (Å²) in [6, 6.07) is 0. The van der Waals surface area contributed by atoms with Crippen LogP contribution in [0.5, 0.6) is 0 Å². The second-order valence-electron chi connectivity index (χ2n) is 2.83. The lowest BCUT2D eigenvalue weighted by atomic mass is 10.3. The molecule has 90 valence electrons. The Kier molecular flexibility index (Phi) is 3.78. The Labute approximate surface area is 80.5 Å². The van der Waals surface area contributed by atoms with Gasteiger partial charge in [-0.3, -0.25) is 0 Å². The Balaban J connectivity index is 4.77. The van der Waals surface area contributed by atoms with Crippen LogP contribution in [0.2, 0.25) is 0 Å². The van der Waals surface area contributed by atoms with Crippen LogP contribution >= 0.6 is 0 Å². The van der Waals surface area contributed by atoms with Crippen LogP contribution in [0.3, 0.4) is 0 Å². The number of rotatable bonds is 4. The average molecular weight is 240 g/mol. The van der Waals surface area contributed by atoms with E-state index in [1.54, 1.807) is 0 Å². The second-order valence-corrected chi connectivity index (χ2v) is 2.83. The van der Waals surface area contributed by atoms with Crippen molar-refractivity contribution in [3.63, 3.8) is 0 Å². The number of halogens is 7. The zero-order chi connectivity index (χ0) is 12.5. The van der Waals surface area contributed by atoms with Gasteiger partial charge < -0.3 is 4.74 Å². The third-order valence-electron chi connectivity index (χ3n) is 1.22. The molecule has 0 radical (unpaired) electrons. The molecule has 0 saturated carbocycles. The quantitative estimate of drug-likeness (QED) is 0.540. The maximum absolute atomic E-state index is 12.3. The van der Waals surface area contributed by atoms with Crippen LogP contribution in [0.15, 0.2) is 12.2 Å². The summed E-state index contributed by atoms with van der Waals surface area (Å²) in [4.78, 5) is 0. The molecule has 0 N–H and O–H groups in total. The van der Waals surface area contributed by atoms with E-state index in [1.165, 1.54) is 0 Å². The van der Waals surface area contributed by atoms with E-state index in [4.69, 9.17) is 0 Å². The zero-order valence-electron chi connectivity index (χ0n) is 7.47. The lowest BCUT2D eigenvalue weighted by Crippen LogP contribution is -2.53. The zero-order valence-corrected chi connectivity index (χ0v) is 7.47. The molecular weight excluding hydrogens is 233 g/mol. The van der Waals surface area contributed by atoms with Crippen LogP contribution in [0, 0.1) is 0 Å². The monoisotopic (exact) mass is 240 g/mol. The molecule has 8 heteroatoms. The van der Waals surface area contributed by atoms with Gasteiger partial charge in [-0.1, -0.05) is 12.2 Å². The maximum Gasteiger partial charge on any atom is 0.462 e. The van der Waals surface area contributed by atoms with E-state index in [0.717, 1.165) is 6.92 Å². The van der Waals surface area contributed by atoms with Gasteiger partial charge in [-0.25, -0.2) is 0 Å². The van der Waals surface area contributed by atoms with Crippen LogP contribution in [0.1, 0.15) is 6.92 Å². The molecule has 0 spiro atoms. The van der Waals surface area contributed by atoms with Gasteiger partial charge in [-0.2, -0.15) is 30.7 Å². The molecule has 15 heavy (non-hydrogen) atoms. The maximum atomic E-state index is 12.3. The summed E-state index contributed by atoms with van der Waals surface area (Å²) in [5.74, 6) is -6.23. The van der Waals surface area contributed by atoms with E-state index in [1.807, 2.05) is 0 Å². The van der Waals surface area contributed by atoms with Crippen molar-refractivity contribution in [2.24, 2.45) is 0 Å². The fraction of sp³-hybridized carbons (Fsp3) is 0.714. The fourth-order valence-corrected chi connectivity index (χ4v) is 0.469. The van der Waals surface area contributed by atoms with E-state index < -0.39 is 24.8 Å². The van der Waals surface area contributed by atoms with Crippen molar-refractivity contribution in [1.82, 2.24) is 0 Å². The Morgan fingerprint density at radius 3 is 1.73 bits per heavy atom. The van der Waals surface area contributed by atoms with Gasteiger partial charge in [0.2, 0.25) is 0 Å². The van der Waals surface area contributed by atoms with Crippen LogP contribution in [0.4, 0.5) is 30.7 Å². The first-order chi connectivity index (χ1) is 6.42. The minimum Gasteiger partial charge on any atom is -0.311 e. The van der Waals surface area contributed by atoms with Crippen LogP contribution in [-0.2, 0) is 4.74 Å². The molecule has 0 amide bonds. The first-order valence-electron chi connectivity index (χ1n) is 3.52. The Morgan fingerprint density at radius 1 is 1.07 bits per heavy atom. The number of alkyl halides is 7. The Hall–Kier alpha value is -0.790. The van der Waals surface area contributed by atoms with Gasteiger partial charge in [-0.05, 0) is 6.92 Å². The van der Waals surface area contributed by atoms with Crippen molar-refractivity contribution in [2.45, 2.75) is 25.1 Å². The molecule has 0 aromatic rings. The average Bonchev–Trinajstić information content (AvgIpc) is 1.98. The molecule has 0 heterocycles. The predicted molar refractivity (Wildman–Crippen MR) is 36.7 cm³/mol. The summed E-state index contributed by atoms with van der Waals surface area (Å²) in [5.41, 5.74) is -0.104. The Bertz CT molecular complexity index is 242. The van der Waals surface area contributed by atoms with Gasteiger partial charge in [0.05, 0.1) is 6.61 Å². The molecule has 0 unspecified atom stereocenters. The molecule has 0 bridgehead atoms. The van der Waals surface area contributed by atoms with E-state index in [-0.39, 0.29) is 5.57 Å². The topological polar surface area (TPSA) is 9.23 Å². The third kappa shape index (κ3) is 3.08. The van der Waals surface area contributed by atoms with Crippen molar-refractivity contribution in [3.05, 3.63) is 12.2 Å². The van der Waals surface area contributed by atoms with Gasteiger partial charge >= 0.3 is 18.2 Å². The minimum absolute atomic E-state index is 0.104.